The summed E-state index contributed by atoms with van der Waals surface area (Å²) in [5, 5.41) is 4.65. The van der Waals surface area contributed by atoms with Gasteiger partial charge in [-0.05, 0) is 24.3 Å². The summed E-state index contributed by atoms with van der Waals surface area (Å²) in [7, 11) is 0. The Morgan fingerprint density at radius 3 is 2.70 bits per heavy atom. The van der Waals surface area contributed by atoms with Crippen molar-refractivity contribution < 1.29 is 4.79 Å². The number of hydrogen-bond donors (Lipinski definition) is 2. The third-order valence-electron chi connectivity index (χ3n) is 2.50. The minimum atomic E-state index is -0.355. The highest BCUT2D eigenvalue weighted by atomic mass is 35.5. The van der Waals surface area contributed by atoms with Gasteiger partial charge < -0.3 is 5.73 Å². The fourth-order valence-corrected chi connectivity index (χ4v) is 1.88. The molecule has 0 aliphatic carbocycles. The SMILES string of the molecule is Nc1cccc(C(=O)N/N=C\c2cccc(Cl)c2Cl)c1. The van der Waals surface area contributed by atoms with Crippen LogP contribution in [0.1, 0.15) is 15.9 Å². The molecule has 0 aliphatic rings. The second-order valence-electron chi connectivity index (χ2n) is 3.97. The van der Waals surface area contributed by atoms with Gasteiger partial charge in [0.2, 0.25) is 0 Å². The third-order valence-corrected chi connectivity index (χ3v) is 3.33. The van der Waals surface area contributed by atoms with Gasteiger partial charge in [-0.3, -0.25) is 4.79 Å². The van der Waals surface area contributed by atoms with E-state index in [1.165, 1.54) is 6.21 Å². The highest BCUT2D eigenvalue weighted by Crippen LogP contribution is 2.24. The number of nitrogens with one attached hydrogen (secondary N) is 1. The van der Waals surface area contributed by atoms with Crippen molar-refractivity contribution in [1.29, 1.82) is 0 Å². The Morgan fingerprint density at radius 1 is 1.20 bits per heavy atom. The average molecular weight is 308 g/mol. The topological polar surface area (TPSA) is 67.5 Å². The number of hydrazone groups is 1. The van der Waals surface area contributed by atoms with Crippen LogP contribution < -0.4 is 11.2 Å². The van der Waals surface area contributed by atoms with Crippen molar-refractivity contribution in [3.05, 3.63) is 63.6 Å². The van der Waals surface area contributed by atoms with E-state index in [2.05, 4.69) is 10.5 Å². The smallest absolute Gasteiger partial charge is 0.271 e. The molecule has 2 rings (SSSR count). The Labute approximate surface area is 126 Å². The molecule has 0 heterocycles. The molecule has 102 valence electrons. The number of nitrogen functional groups attached to an aromatic ring is 1. The van der Waals surface area contributed by atoms with E-state index >= 15 is 0 Å². The molecule has 0 radical (unpaired) electrons. The first-order chi connectivity index (χ1) is 9.58. The van der Waals surface area contributed by atoms with Gasteiger partial charge in [0, 0.05) is 16.8 Å². The number of rotatable bonds is 3. The molecule has 0 bridgehead atoms. The predicted molar refractivity (Wildman–Crippen MR) is 82.4 cm³/mol. The van der Waals surface area contributed by atoms with E-state index in [4.69, 9.17) is 28.9 Å². The van der Waals surface area contributed by atoms with Gasteiger partial charge in [-0.15, -0.1) is 0 Å². The average Bonchev–Trinajstić information content (AvgIpc) is 2.43. The summed E-state index contributed by atoms with van der Waals surface area (Å²) in [6.07, 6.45) is 1.43. The summed E-state index contributed by atoms with van der Waals surface area (Å²) >= 11 is 11.9. The van der Waals surface area contributed by atoms with Crippen molar-refractivity contribution in [2.45, 2.75) is 0 Å². The number of carbonyl (C=O) groups excluding carboxylic acids is 1. The van der Waals surface area contributed by atoms with Crippen LogP contribution in [0, 0.1) is 0 Å². The lowest BCUT2D eigenvalue weighted by Gasteiger charge is -2.02. The van der Waals surface area contributed by atoms with Gasteiger partial charge in [0.1, 0.15) is 0 Å². The van der Waals surface area contributed by atoms with Crippen molar-refractivity contribution in [2.75, 3.05) is 5.73 Å². The molecule has 4 nitrogen and oxygen atoms in total. The number of carbonyl (C=O) groups is 1. The summed E-state index contributed by atoms with van der Waals surface area (Å²) in [4.78, 5) is 11.8. The Kier molecular flexibility index (Phi) is 4.61. The molecular weight excluding hydrogens is 297 g/mol. The number of nitrogens with two attached hydrogens (primary N) is 1. The van der Waals surface area contributed by atoms with Crippen molar-refractivity contribution in [2.24, 2.45) is 5.10 Å². The second kappa shape index (κ2) is 6.41. The minimum absolute atomic E-state index is 0.355. The molecule has 0 unspecified atom stereocenters. The van der Waals surface area contributed by atoms with E-state index in [0.717, 1.165) is 0 Å². The first kappa shape index (κ1) is 14.4. The third kappa shape index (κ3) is 3.50. The number of amides is 1. The fraction of sp³-hybridized carbons (Fsp3) is 0. The van der Waals surface area contributed by atoms with Crippen LogP contribution >= 0.6 is 23.2 Å². The molecule has 0 atom stereocenters. The van der Waals surface area contributed by atoms with E-state index in [1.807, 2.05) is 0 Å². The zero-order chi connectivity index (χ0) is 14.5. The van der Waals surface area contributed by atoms with E-state index in [1.54, 1.807) is 42.5 Å². The van der Waals surface area contributed by atoms with Crippen molar-refractivity contribution in [3.8, 4) is 0 Å². The maximum atomic E-state index is 11.8. The van der Waals surface area contributed by atoms with Crippen molar-refractivity contribution >= 4 is 41.0 Å². The predicted octanol–water partition coefficient (Wildman–Crippen LogP) is 3.34. The second-order valence-corrected chi connectivity index (χ2v) is 4.75. The fourth-order valence-electron chi connectivity index (χ4n) is 1.53. The standard InChI is InChI=1S/C14H11Cl2N3O/c15-12-6-2-4-10(13(12)16)8-18-19-14(20)9-3-1-5-11(17)7-9/h1-8H,17H2,(H,19,20)/b18-8-. The van der Waals surface area contributed by atoms with Crippen LogP contribution in [-0.4, -0.2) is 12.1 Å². The van der Waals surface area contributed by atoms with Crippen molar-refractivity contribution in [3.63, 3.8) is 0 Å². The summed E-state index contributed by atoms with van der Waals surface area (Å²) in [6.45, 7) is 0. The molecule has 0 fully saturated rings. The normalized spacial score (nSPS) is 10.7. The van der Waals surface area contributed by atoms with Crippen molar-refractivity contribution in [1.82, 2.24) is 5.43 Å². The molecule has 2 aromatic carbocycles. The van der Waals surface area contributed by atoms with Gasteiger partial charge in [-0.1, -0.05) is 41.4 Å². The van der Waals surface area contributed by atoms with Crippen LogP contribution in [0.5, 0.6) is 0 Å². The Hall–Kier alpha value is -2.04. The maximum absolute atomic E-state index is 11.8. The molecule has 1 amide bonds. The van der Waals surface area contributed by atoms with E-state index in [-0.39, 0.29) is 5.91 Å². The van der Waals surface area contributed by atoms with Crippen LogP contribution in [0.15, 0.2) is 47.6 Å². The molecule has 2 aromatic rings. The quantitative estimate of drug-likeness (QED) is 0.519. The number of anilines is 1. The molecule has 0 spiro atoms. The van der Waals surface area contributed by atoms with Crippen LogP contribution in [0.4, 0.5) is 5.69 Å². The lowest BCUT2D eigenvalue weighted by Crippen LogP contribution is -2.17. The van der Waals surface area contributed by atoms with Gasteiger partial charge in [-0.2, -0.15) is 5.10 Å². The Bertz CT molecular complexity index is 671. The number of hydrogen-bond acceptors (Lipinski definition) is 3. The summed E-state index contributed by atoms with van der Waals surface area (Å²) in [5.74, 6) is -0.355. The maximum Gasteiger partial charge on any atom is 0.271 e. The zero-order valence-corrected chi connectivity index (χ0v) is 11.8. The summed E-state index contributed by atoms with van der Waals surface area (Å²) < 4.78 is 0. The lowest BCUT2D eigenvalue weighted by molar-refractivity contribution is 0.0955. The molecule has 0 aromatic heterocycles. The highest BCUT2D eigenvalue weighted by molar-refractivity contribution is 6.43. The molecule has 0 saturated carbocycles. The first-order valence-electron chi connectivity index (χ1n) is 5.71. The largest absolute Gasteiger partial charge is 0.399 e. The van der Waals surface area contributed by atoms with Crippen LogP contribution in [0.3, 0.4) is 0 Å². The molecule has 0 aliphatic heterocycles. The van der Waals surface area contributed by atoms with E-state index in [9.17, 15) is 4.79 Å². The number of halogens is 2. The Morgan fingerprint density at radius 2 is 1.95 bits per heavy atom. The first-order valence-corrected chi connectivity index (χ1v) is 6.46. The van der Waals surface area contributed by atoms with Gasteiger partial charge in [0.15, 0.2) is 0 Å². The van der Waals surface area contributed by atoms with Gasteiger partial charge in [0.25, 0.3) is 5.91 Å². The lowest BCUT2D eigenvalue weighted by atomic mass is 10.2. The monoisotopic (exact) mass is 307 g/mol. The molecular formula is C14H11Cl2N3O. The van der Waals surface area contributed by atoms with Gasteiger partial charge >= 0.3 is 0 Å². The van der Waals surface area contributed by atoms with E-state index < -0.39 is 0 Å². The number of nitrogens with zero attached hydrogens (tertiary/aromatic N) is 1. The van der Waals surface area contributed by atoms with Crippen LogP contribution in [0.2, 0.25) is 10.0 Å². The van der Waals surface area contributed by atoms with E-state index in [0.29, 0.717) is 26.9 Å². The Balaban J connectivity index is 2.07. The molecule has 20 heavy (non-hydrogen) atoms. The molecule has 0 saturated heterocycles. The zero-order valence-electron chi connectivity index (χ0n) is 10.3. The minimum Gasteiger partial charge on any atom is -0.399 e. The van der Waals surface area contributed by atoms with Crippen LogP contribution in [-0.2, 0) is 0 Å². The number of benzene rings is 2. The van der Waals surface area contributed by atoms with Crippen LogP contribution in [0.25, 0.3) is 0 Å². The van der Waals surface area contributed by atoms with Gasteiger partial charge in [-0.25, -0.2) is 5.43 Å². The summed E-state index contributed by atoms with van der Waals surface area (Å²) in [6, 6.07) is 11.8. The highest BCUT2D eigenvalue weighted by Gasteiger charge is 2.04. The molecule has 6 heteroatoms. The summed E-state index contributed by atoms with van der Waals surface area (Å²) in [5.41, 5.74) is 9.56. The van der Waals surface area contributed by atoms with Gasteiger partial charge in [0.05, 0.1) is 16.3 Å². The molecule has 3 N–H and O–H groups in total.